The summed E-state index contributed by atoms with van der Waals surface area (Å²) in [6, 6.07) is 7.54. The third-order valence-electron chi connectivity index (χ3n) is 5.79. The van der Waals surface area contributed by atoms with Crippen molar-refractivity contribution in [1.29, 1.82) is 0 Å². The molecule has 0 bridgehead atoms. The van der Waals surface area contributed by atoms with Crippen LogP contribution in [0.2, 0.25) is 0 Å². The Labute approximate surface area is 166 Å². The molecule has 6 nitrogen and oxygen atoms in total. The van der Waals surface area contributed by atoms with E-state index in [0.717, 1.165) is 43.5 Å². The SMILES string of the molecule is CC(OC(=O)Cc1ccc(N2CCCC2=O)cc1)C(=O)NC1CCCCC1C. The van der Waals surface area contributed by atoms with Crippen LogP contribution in [0, 0.1) is 5.92 Å². The lowest BCUT2D eigenvalue weighted by molar-refractivity contribution is -0.154. The van der Waals surface area contributed by atoms with Crippen molar-refractivity contribution >= 4 is 23.5 Å². The Bertz CT molecular complexity index is 716. The molecule has 0 aromatic heterocycles. The lowest BCUT2D eigenvalue weighted by Gasteiger charge is -2.30. The quantitative estimate of drug-likeness (QED) is 0.763. The van der Waals surface area contributed by atoms with E-state index in [4.69, 9.17) is 4.74 Å². The van der Waals surface area contributed by atoms with Crippen LogP contribution in [0.3, 0.4) is 0 Å². The van der Waals surface area contributed by atoms with E-state index < -0.39 is 12.1 Å². The Balaban J connectivity index is 1.47. The van der Waals surface area contributed by atoms with Crippen molar-refractivity contribution in [2.45, 2.75) is 70.9 Å². The second-order valence-corrected chi connectivity index (χ2v) is 8.00. The first-order chi connectivity index (χ1) is 13.4. The van der Waals surface area contributed by atoms with Gasteiger partial charge in [-0.1, -0.05) is 31.9 Å². The van der Waals surface area contributed by atoms with Gasteiger partial charge in [0.1, 0.15) is 0 Å². The molecular weight excluding hydrogens is 356 g/mol. The molecule has 1 aliphatic heterocycles. The molecule has 3 rings (SSSR count). The van der Waals surface area contributed by atoms with Gasteiger partial charge in [0.25, 0.3) is 5.91 Å². The van der Waals surface area contributed by atoms with Crippen LogP contribution in [0.25, 0.3) is 0 Å². The lowest BCUT2D eigenvalue weighted by Crippen LogP contribution is -2.46. The Morgan fingerprint density at radius 1 is 1.18 bits per heavy atom. The molecule has 3 atom stereocenters. The Kier molecular flexibility index (Phi) is 6.70. The van der Waals surface area contributed by atoms with E-state index in [0.29, 0.717) is 12.3 Å². The summed E-state index contributed by atoms with van der Waals surface area (Å²) >= 11 is 0. The Morgan fingerprint density at radius 3 is 2.54 bits per heavy atom. The fourth-order valence-electron chi connectivity index (χ4n) is 4.00. The van der Waals surface area contributed by atoms with Crippen LogP contribution in [0.15, 0.2) is 24.3 Å². The fourth-order valence-corrected chi connectivity index (χ4v) is 4.00. The molecule has 1 aliphatic carbocycles. The molecule has 6 heteroatoms. The van der Waals surface area contributed by atoms with Crippen LogP contribution in [0.4, 0.5) is 5.69 Å². The van der Waals surface area contributed by atoms with Gasteiger partial charge in [0.2, 0.25) is 5.91 Å². The van der Waals surface area contributed by atoms with Gasteiger partial charge in [0.15, 0.2) is 6.10 Å². The van der Waals surface area contributed by atoms with Crippen LogP contribution in [-0.2, 0) is 25.5 Å². The van der Waals surface area contributed by atoms with Crippen molar-refractivity contribution in [3.05, 3.63) is 29.8 Å². The van der Waals surface area contributed by atoms with Crippen LogP contribution in [0.1, 0.15) is 57.9 Å². The largest absolute Gasteiger partial charge is 0.452 e. The zero-order valence-corrected chi connectivity index (χ0v) is 16.8. The zero-order valence-electron chi connectivity index (χ0n) is 16.8. The highest BCUT2D eigenvalue weighted by molar-refractivity contribution is 5.95. The highest BCUT2D eigenvalue weighted by atomic mass is 16.5. The molecule has 1 heterocycles. The van der Waals surface area contributed by atoms with E-state index in [1.54, 1.807) is 11.8 Å². The van der Waals surface area contributed by atoms with Gasteiger partial charge >= 0.3 is 5.97 Å². The maximum Gasteiger partial charge on any atom is 0.311 e. The van der Waals surface area contributed by atoms with Gasteiger partial charge in [-0.2, -0.15) is 0 Å². The number of nitrogens with zero attached hydrogens (tertiary/aromatic N) is 1. The van der Waals surface area contributed by atoms with E-state index in [-0.39, 0.29) is 24.3 Å². The first-order valence-electron chi connectivity index (χ1n) is 10.3. The standard InChI is InChI=1S/C22H30N2O4/c1-15-6-3-4-7-19(15)23-22(27)16(2)28-21(26)14-17-9-11-18(12-10-17)24-13-5-8-20(24)25/h9-12,15-16,19H,3-8,13-14H2,1-2H3,(H,23,27). The maximum absolute atomic E-state index is 12.3. The number of rotatable bonds is 6. The molecule has 1 saturated heterocycles. The van der Waals surface area contributed by atoms with Gasteiger partial charge in [-0.3, -0.25) is 14.4 Å². The second kappa shape index (κ2) is 9.22. The molecule has 1 N–H and O–H groups in total. The topological polar surface area (TPSA) is 75.7 Å². The summed E-state index contributed by atoms with van der Waals surface area (Å²) in [7, 11) is 0. The maximum atomic E-state index is 12.3. The minimum atomic E-state index is -0.803. The van der Waals surface area contributed by atoms with E-state index in [1.807, 2.05) is 24.3 Å². The molecule has 1 aromatic carbocycles. The number of hydrogen-bond donors (Lipinski definition) is 1. The van der Waals surface area contributed by atoms with Crippen LogP contribution < -0.4 is 10.2 Å². The smallest absolute Gasteiger partial charge is 0.311 e. The summed E-state index contributed by atoms with van der Waals surface area (Å²) < 4.78 is 5.32. The third kappa shape index (κ3) is 5.12. The van der Waals surface area contributed by atoms with Gasteiger partial charge in [0, 0.05) is 24.7 Å². The summed E-state index contributed by atoms with van der Waals surface area (Å²) in [5.74, 6) is -0.0554. The monoisotopic (exact) mass is 386 g/mol. The summed E-state index contributed by atoms with van der Waals surface area (Å²) in [6.45, 7) is 4.51. The zero-order chi connectivity index (χ0) is 20.1. The molecule has 1 aromatic rings. The summed E-state index contributed by atoms with van der Waals surface area (Å²) in [4.78, 5) is 38.1. The molecule has 0 spiro atoms. The van der Waals surface area contributed by atoms with Crippen molar-refractivity contribution in [2.24, 2.45) is 5.92 Å². The van der Waals surface area contributed by atoms with Gasteiger partial charge in [-0.25, -0.2) is 0 Å². The Morgan fingerprint density at radius 2 is 1.89 bits per heavy atom. The molecule has 2 amide bonds. The lowest BCUT2D eigenvalue weighted by atomic mass is 9.86. The molecule has 0 radical (unpaired) electrons. The van der Waals surface area contributed by atoms with Crippen molar-refractivity contribution in [1.82, 2.24) is 5.32 Å². The van der Waals surface area contributed by atoms with Crippen LogP contribution >= 0.6 is 0 Å². The van der Waals surface area contributed by atoms with Crippen molar-refractivity contribution in [3.8, 4) is 0 Å². The number of benzene rings is 1. The molecule has 3 unspecified atom stereocenters. The number of nitrogens with one attached hydrogen (secondary N) is 1. The van der Waals surface area contributed by atoms with Crippen molar-refractivity contribution in [2.75, 3.05) is 11.4 Å². The van der Waals surface area contributed by atoms with Crippen LogP contribution in [0.5, 0.6) is 0 Å². The Hall–Kier alpha value is -2.37. The van der Waals surface area contributed by atoms with Gasteiger partial charge in [-0.15, -0.1) is 0 Å². The minimum absolute atomic E-state index is 0.103. The molecular formula is C22H30N2O4. The number of amides is 2. The normalized spacial score (nSPS) is 23.4. The average molecular weight is 386 g/mol. The number of anilines is 1. The van der Waals surface area contributed by atoms with E-state index in [9.17, 15) is 14.4 Å². The summed E-state index contributed by atoms with van der Waals surface area (Å²) in [5.41, 5.74) is 1.66. The highest BCUT2D eigenvalue weighted by Crippen LogP contribution is 2.24. The fraction of sp³-hybridized carbons (Fsp3) is 0.591. The molecule has 2 aliphatic rings. The second-order valence-electron chi connectivity index (χ2n) is 8.00. The predicted molar refractivity (Wildman–Crippen MR) is 107 cm³/mol. The molecule has 1 saturated carbocycles. The van der Waals surface area contributed by atoms with E-state index in [2.05, 4.69) is 12.2 Å². The van der Waals surface area contributed by atoms with E-state index in [1.165, 1.54) is 6.42 Å². The minimum Gasteiger partial charge on any atom is -0.452 e. The number of ether oxygens (including phenoxy) is 1. The van der Waals surface area contributed by atoms with Crippen LogP contribution in [-0.4, -0.2) is 36.5 Å². The third-order valence-corrected chi connectivity index (χ3v) is 5.79. The molecule has 152 valence electrons. The van der Waals surface area contributed by atoms with Gasteiger partial charge < -0.3 is 15.0 Å². The summed E-state index contributed by atoms with van der Waals surface area (Å²) in [6.07, 6.45) is 5.22. The van der Waals surface area contributed by atoms with Gasteiger partial charge in [-0.05, 0) is 49.8 Å². The molecule has 2 fully saturated rings. The number of esters is 1. The van der Waals surface area contributed by atoms with E-state index >= 15 is 0 Å². The number of hydrogen-bond acceptors (Lipinski definition) is 4. The average Bonchev–Trinajstić information content (AvgIpc) is 3.10. The first-order valence-corrected chi connectivity index (χ1v) is 10.3. The molecule has 28 heavy (non-hydrogen) atoms. The summed E-state index contributed by atoms with van der Waals surface area (Å²) in [5, 5.41) is 3.03. The van der Waals surface area contributed by atoms with Gasteiger partial charge in [0.05, 0.1) is 6.42 Å². The highest BCUT2D eigenvalue weighted by Gasteiger charge is 2.26. The van der Waals surface area contributed by atoms with Crippen molar-refractivity contribution < 1.29 is 19.1 Å². The number of carbonyl (C=O) groups excluding carboxylic acids is 3. The first kappa shape index (κ1) is 20.4. The van der Waals surface area contributed by atoms with Crippen molar-refractivity contribution in [3.63, 3.8) is 0 Å². The predicted octanol–water partition coefficient (Wildman–Crippen LogP) is 2.98. The number of carbonyl (C=O) groups is 3.